The van der Waals surface area contributed by atoms with E-state index in [4.69, 9.17) is 5.73 Å². The zero-order chi connectivity index (χ0) is 15.1. The van der Waals surface area contributed by atoms with Crippen LogP contribution in [0.4, 0.5) is 0 Å². The molecule has 2 aromatic rings. The van der Waals surface area contributed by atoms with Crippen LogP contribution in [0.15, 0.2) is 42.6 Å². The SMILES string of the molecule is Cc1c(C#CCN)cccc1C(=O)NCc1ccccn1. The summed E-state index contributed by atoms with van der Waals surface area (Å²) in [7, 11) is 0. The van der Waals surface area contributed by atoms with Gasteiger partial charge in [0.1, 0.15) is 0 Å². The highest BCUT2D eigenvalue weighted by atomic mass is 16.1. The Morgan fingerprint density at radius 3 is 2.86 bits per heavy atom. The Hall–Kier alpha value is -2.64. The lowest BCUT2D eigenvalue weighted by molar-refractivity contribution is 0.0950. The number of hydrogen-bond acceptors (Lipinski definition) is 3. The van der Waals surface area contributed by atoms with Crippen LogP contribution in [0, 0.1) is 18.8 Å². The highest BCUT2D eigenvalue weighted by molar-refractivity contribution is 5.96. The molecular weight excluding hydrogens is 262 g/mol. The Kier molecular flexibility index (Phi) is 5.08. The van der Waals surface area contributed by atoms with Crippen LogP contribution in [0.25, 0.3) is 0 Å². The van der Waals surface area contributed by atoms with E-state index in [1.54, 1.807) is 12.3 Å². The van der Waals surface area contributed by atoms with E-state index < -0.39 is 0 Å². The number of hydrogen-bond donors (Lipinski definition) is 2. The molecule has 4 nitrogen and oxygen atoms in total. The summed E-state index contributed by atoms with van der Waals surface area (Å²) in [5, 5.41) is 2.87. The van der Waals surface area contributed by atoms with Crippen LogP contribution in [-0.2, 0) is 6.54 Å². The minimum Gasteiger partial charge on any atom is -0.346 e. The van der Waals surface area contributed by atoms with Crippen molar-refractivity contribution in [3.05, 3.63) is 65.0 Å². The molecule has 1 heterocycles. The van der Waals surface area contributed by atoms with Gasteiger partial charge in [0.05, 0.1) is 18.8 Å². The van der Waals surface area contributed by atoms with Crippen molar-refractivity contribution in [2.45, 2.75) is 13.5 Å². The first-order chi connectivity index (χ1) is 10.2. The summed E-state index contributed by atoms with van der Waals surface area (Å²) in [6.45, 7) is 2.59. The van der Waals surface area contributed by atoms with Gasteiger partial charge in [0.15, 0.2) is 0 Å². The van der Waals surface area contributed by atoms with Crippen molar-refractivity contribution < 1.29 is 4.79 Å². The quantitative estimate of drug-likeness (QED) is 0.839. The van der Waals surface area contributed by atoms with Crippen molar-refractivity contribution in [3.8, 4) is 11.8 Å². The van der Waals surface area contributed by atoms with Crippen LogP contribution in [0.2, 0.25) is 0 Å². The second-order valence-electron chi connectivity index (χ2n) is 4.49. The summed E-state index contributed by atoms with van der Waals surface area (Å²) in [6.07, 6.45) is 1.70. The molecule has 0 saturated carbocycles. The summed E-state index contributed by atoms with van der Waals surface area (Å²) in [6, 6.07) is 11.1. The van der Waals surface area contributed by atoms with Crippen LogP contribution in [-0.4, -0.2) is 17.4 Å². The average molecular weight is 279 g/mol. The Morgan fingerprint density at radius 1 is 1.29 bits per heavy atom. The molecule has 0 aliphatic heterocycles. The predicted molar refractivity (Wildman–Crippen MR) is 82.5 cm³/mol. The molecule has 0 fully saturated rings. The molecular formula is C17H17N3O. The van der Waals surface area contributed by atoms with E-state index in [-0.39, 0.29) is 5.91 Å². The average Bonchev–Trinajstić information content (AvgIpc) is 2.52. The van der Waals surface area contributed by atoms with Crippen molar-refractivity contribution in [1.29, 1.82) is 0 Å². The van der Waals surface area contributed by atoms with Crippen molar-refractivity contribution in [2.24, 2.45) is 5.73 Å². The molecule has 4 heteroatoms. The summed E-state index contributed by atoms with van der Waals surface area (Å²) in [4.78, 5) is 16.4. The third kappa shape index (κ3) is 3.91. The molecule has 0 saturated heterocycles. The number of benzene rings is 1. The lowest BCUT2D eigenvalue weighted by Crippen LogP contribution is -2.24. The maximum atomic E-state index is 12.3. The maximum Gasteiger partial charge on any atom is 0.251 e. The number of nitrogens with one attached hydrogen (secondary N) is 1. The van der Waals surface area contributed by atoms with E-state index >= 15 is 0 Å². The number of amides is 1. The largest absolute Gasteiger partial charge is 0.346 e. The van der Waals surface area contributed by atoms with E-state index in [0.29, 0.717) is 18.7 Å². The fourth-order valence-electron chi connectivity index (χ4n) is 1.93. The molecule has 0 aliphatic rings. The molecule has 1 aromatic carbocycles. The van der Waals surface area contributed by atoms with Gasteiger partial charge in [0.2, 0.25) is 0 Å². The smallest absolute Gasteiger partial charge is 0.251 e. The van der Waals surface area contributed by atoms with E-state index in [0.717, 1.165) is 16.8 Å². The number of nitrogens with zero attached hydrogens (tertiary/aromatic N) is 1. The summed E-state index contributed by atoms with van der Waals surface area (Å²) in [5.41, 5.74) is 8.50. The molecule has 2 rings (SSSR count). The molecule has 0 atom stereocenters. The third-order valence-electron chi connectivity index (χ3n) is 3.06. The molecule has 106 valence electrons. The van der Waals surface area contributed by atoms with Crippen LogP contribution in [0.3, 0.4) is 0 Å². The van der Waals surface area contributed by atoms with E-state index in [9.17, 15) is 4.79 Å². The van der Waals surface area contributed by atoms with Gasteiger partial charge in [-0.2, -0.15) is 0 Å². The zero-order valence-corrected chi connectivity index (χ0v) is 11.9. The highest BCUT2D eigenvalue weighted by Crippen LogP contribution is 2.13. The molecule has 1 amide bonds. The van der Waals surface area contributed by atoms with Crippen molar-refractivity contribution >= 4 is 5.91 Å². The van der Waals surface area contributed by atoms with Crippen molar-refractivity contribution in [1.82, 2.24) is 10.3 Å². The normalized spacial score (nSPS) is 9.62. The van der Waals surface area contributed by atoms with Gasteiger partial charge >= 0.3 is 0 Å². The second-order valence-corrected chi connectivity index (χ2v) is 4.49. The number of carbonyl (C=O) groups is 1. The Labute approximate surface area is 124 Å². The minimum absolute atomic E-state index is 0.130. The van der Waals surface area contributed by atoms with E-state index in [1.165, 1.54) is 0 Å². The fraction of sp³-hybridized carbons (Fsp3) is 0.176. The summed E-state index contributed by atoms with van der Waals surface area (Å²) >= 11 is 0. The van der Waals surface area contributed by atoms with Gasteiger partial charge in [-0.15, -0.1) is 0 Å². The van der Waals surface area contributed by atoms with Gasteiger partial charge in [-0.3, -0.25) is 9.78 Å². The Bertz CT molecular complexity index is 684. The number of aromatic nitrogens is 1. The molecule has 0 radical (unpaired) electrons. The second kappa shape index (κ2) is 7.22. The number of rotatable bonds is 3. The van der Waals surface area contributed by atoms with Crippen molar-refractivity contribution in [2.75, 3.05) is 6.54 Å². The highest BCUT2D eigenvalue weighted by Gasteiger charge is 2.10. The summed E-state index contributed by atoms with van der Waals surface area (Å²) < 4.78 is 0. The van der Waals surface area contributed by atoms with Crippen LogP contribution in [0.5, 0.6) is 0 Å². The van der Waals surface area contributed by atoms with Gasteiger partial charge in [-0.25, -0.2) is 0 Å². The molecule has 21 heavy (non-hydrogen) atoms. The van der Waals surface area contributed by atoms with E-state index in [2.05, 4.69) is 22.1 Å². The van der Waals surface area contributed by atoms with Gasteiger partial charge in [-0.1, -0.05) is 24.0 Å². The first-order valence-corrected chi connectivity index (χ1v) is 6.69. The molecule has 1 aromatic heterocycles. The topological polar surface area (TPSA) is 68.0 Å². The molecule has 3 N–H and O–H groups in total. The van der Waals surface area contributed by atoms with E-state index in [1.807, 2.05) is 37.3 Å². The van der Waals surface area contributed by atoms with Gasteiger partial charge in [0, 0.05) is 17.3 Å². The van der Waals surface area contributed by atoms with Crippen LogP contribution < -0.4 is 11.1 Å². The van der Waals surface area contributed by atoms with Crippen molar-refractivity contribution in [3.63, 3.8) is 0 Å². The number of carbonyl (C=O) groups excluding carboxylic acids is 1. The third-order valence-corrected chi connectivity index (χ3v) is 3.06. The Balaban J connectivity index is 2.12. The molecule has 0 spiro atoms. The minimum atomic E-state index is -0.130. The summed E-state index contributed by atoms with van der Waals surface area (Å²) in [5.74, 6) is 5.65. The van der Waals surface area contributed by atoms with Crippen LogP contribution in [0.1, 0.15) is 27.2 Å². The van der Waals surface area contributed by atoms with Crippen LogP contribution >= 0.6 is 0 Å². The molecule has 0 bridgehead atoms. The molecule has 0 unspecified atom stereocenters. The predicted octanol–water partition coefficient (Wildman–Crippen LogP) is 1.63. The lowest BCUT2D eigenvalue weighted by Gasteiger charge is -2.08. The monoisotopic (exact) mass is 279 g/mol. The number of nitrogens with two attached hydrogens (primary N) is 1. The van der Waals surface area contributed by atoms with Gasteiger partial charge < -0.3 is 11.1 Å². The number of pyridine rings is 1. The van der Waals surface area contributed by atoms with Gasteiger partial charge in [0.25, 0.3) is 5.91 Å². The fourth-order valence-corrected chi connectivity index (χ4v) is 1.93. The molecule has 0 aliphatic carbocycles. The maximum absolute atomic E-state index is 12.3. The van der Waals surface area contributed by atoms with Gasteiger partial charge in [-0.05, 0) is 36.8 Å². The zero-order valence-electron chi connectivity index (χ0n) is 11.9. The lowest BCUT2D eigenvalue weighted by atomic mass is 10.0. The Morgan fingerprint density at radius 2 is 2.14 bits per heavy atom. The standard InChI is InChI=1S/C17H17N3O/c1-13-14(7-5-10-18)6-4-9-16(13)17(21)20-12-15-8-2-3-11-19-15/h2-4,6,8-9,11H,10,12,18H2,1H3,(H,20,21). The first-order valence-electron chi connectivity index (χ1n) is 6.69. The first kappa shape index (κ1) is 14.8.